The van der Waals surface area contributed by atoms with E-state index in [1.54, 1.807) is 28.8 Å². The monoisotopic (exact) mass is 374 g/mol. The first kappa shape index (κ1) is 17.4. The minimum Gasteiger partial charge on any atom is -0.468 e. The number of halogens is 1. The molecule has 3 rings (SSSR count). The summed E-state index contributed by atoms with van der Waals surface area (Å²) < 4.78 is 7.44. The number of thiazole rings is 1. The number of hydrogen-bond donors (Lipinski definition) is 0. The van der Waals surface area contributed by atoms with Crippen LogP contribution in [0.4, 0.5) is 0 Å². The van der Waals surface area contributed by atoms with Gasteiger partial charge in [0.15, 0.2) is 4.80 Å². The summed E-state index contributed by atoms with van der Waals surface area (Å²) in [5.74, 6) is -0.789. The van der Waals surface area contributed by atoms with Crippen LogP contribution in [0.3, 0.4) is 0 Å². The highest BCUT2D eigenvalue weighted by atomic mass is 35.5. The molecule has 0 saturated heterocycles. The van der Waals surface area contributed by atoms with Crippen LogP contribution in [0.25, 0.3) is 10.2 Å². The molecule has 0 N–H and O–H groups in total. The molecular weight excluding hydrogens is 360 g/mol. The molecule has 2 aromatic carbocycles. The molecule has 0 aliphatic heterocycles. The standard InChI is InChI=1S/C18H15ClN2O3S/c1-11-4-3-5-14-16(11)21(10-15(22)24-2)18(25-14)20-17(23)12-6-8-13(19)9-7-12/h3-9H,10H2,1-2H3. The molecule has 1 aromatic heterocycles. The predicted molar refractivity (Wildman–Crippen MR) is 97.9 cm³/mol. The maximum absolute atomic E-state index is 12.5. The molecule has 1 heterocycles. The number of benzene rings is 2. The lowest BCUT2D eigenvalue weighted by atomic mass is 10.2. The minimum absolute atomic E-state index is 0.00587. The molecule has 0 aliphatic carbocycles. The van der Waals surface area contributed by atoms with Crippen molar-refractivity contribution >= 4 is 45.0 Å². The highest BCUT2D eigenvalue weighted by Crippen LogP contribution is 2.21. The lowest BCUT2D eigenvalue weighted by Gasteiger charge is -2.05. The molecule has 0 bridgehead atoms. The number of nitrogens with zero attached hydrogens (tertiary/aromatic N) is 2. The number of rotatable bonds is 3. The molecule has 0 radical (unpaired) electrons. The van der Waals surface area contributed by atoms with Crippen molar-refractivity contribution in [1.82, 2.24) is 4.57 Å². The normalized spacial score (nSPS) is 11.7. The fraction of sp³-hybridized carbons (Fsp3) is 0.167. The molecule has 0 unspecified atom stereocenters. The van der Waals surface area contributed by atoms with E-state index in [0.29, 0.717) is 15.4 Å². The van der Waals surface area contributed by atoms with Crippen molar-refractivity contribution in [2.75, 3.05) is 7.11 Å². The number of fused-ring (bicyclic) bond motifs is 1. The Balaban J connectivity index is 2.15. The maximum Gasteiger partial charge on any atom is 0.325 e. The highest BCUT2D eigenvalue weighted by molar-refractivity contribution is 7.16. The Kier molecular flexibility index (Phi) is 5.01. The Morgan fingerprint density at radius 1 is 1.20 bits per heavy atom. The Labute approximate surface area is 153 Å². The number of carbonyl (C=O) groups is 2. The van der Waals surface area contributed by atoms with Gasteiger partial charge in [-0.25, -0.2) is 0 Å². The van der Waals surface area contributed by atoms with Crippen molar-refractivity contribution < 1.29 is 14.3 Å². The average Bonchev–Trinajstić information content (AvgIpc) is 2.93. The number of methoxy groups -OCH3 is 1. The van der Waals surface area contributed by atoms with Crippen LogP contribution in [-0.4, -0.2) is 23.6 Å². The van der Waals surface area contributed by atoms with Crippen LogP contribution >= 0.6 is 22.9 Å². The Morgan fingerprint density at radius 3 is 2.60 bits per heavy atom. The van der Waals surface area contributed by atoms with Gasteiger partial charge in [-0.15, -0.1) is 0 Å². The van der Waals surface area contributed by atoms with Gasteiger partial charge >= 0.3 is 5.97 Å². The molecule has 0 atom stereocenters. The van der Waals surface area contributed by atoms with Crippen molar-refractivity contribution in [1.29, 1.82) is 0 Å². The third-order valence-corrected chi connectivity index (χ3v) is 5.00. The summed E-state index contributed by atoms with van der Waals surface area (Å²) in [4.78, 5) is 28.9. The number of amides is 1. The van der Waals surface area contributed by atoms with Crippen LogP contribution in [0.2, 0.25) is 5.02 Å². The second-order valence-electron chi connectivity index (χ2n) is 5.39. The maximum atomic E-state index is 12.5. The van der Waals surface area contributed by atoms with Crippen LogP contribution < -0.4 is 4.80 Å². The summed E-state index contributed by atoms with van der Waals surface area (Å²) in [6.07, 6.45) is 0. The Morgan fingerprint density at radius 2 is 1.92 bits per heavy atom. The summed E-state index contributed by atoms with van der Waals surface area (Å²) >= 11 is 7.21. The van der Waals surface area contributed by atoms with Crippen LogP contribution in [0.1, 0.15) is 15.9 Å². The predicted octanol–water partition coefficient (Wildman–Crippen LogP) is 3.58. The molecular formula is C18H15ClN2O3S. The molecule has 0 saturated carbocycles. The number of carbonyl (C=O) groups excluding carboxylic acids is 2. The first-order valence-corrected chi connectivity index (χ1v) is 8.69. The van der Waals surface area contributed by atoms with E-state index in [1.165, 1.54) is 18.4 Å². The van der Waals surface area contributed by atoms with Crippen molar-refractivity contribution in [3.63, 3.8) is 0 Å². The van der Waals surface area contributed by atoms with E-state index < -0.39 is 5.97 Å². The van der Waals surface area contributed by atoms with Gasteiger partial charge in [0.05, 0.1) is 17.3 Å². The summed E-state index contributed by atoms with van der Waals surface area (Å²) in [5, 5.41) is 0.551. The van der Waals surface area contributed by atoms with Crippen LogP contribution in [-0.2, 0) is 16.1 Å². The van der Waals surface area contributed by atoms with Gasteiger partial charge in [0, 0.05) is 10.6 Å². The van der Waals surface area contributed by atoms with Gasteiger partial charge in [-0.05, 0) is 42.8 Å². The van der Waals surface area contributed by atoms with Gasteiger partial charge in [-0.3, -0.25) is 9.59 Å². The van der Waals surface area contributed by atoms with Gasteiger partial charge in [-0.2, -0.15) is 4.99 Å². The van der Waals surface area contributed by atoms with Crippen molar-refractivity contribution in [3.8, 4) is 0 Å². The second kappa shape index (κ2) is 7.21. The topological polar surface area (TPSA) is 60.7 Å². The molecule has 25 heavy (non-hydrogen) atoms. The van der Waals surface area contributed by atoms with E-state index in [0.717, 1.165) is 15.8 Å². The smallest absolute Gasteiger partial charge is 0.325 e. The average molecular weight is 375 g/mol. The Hall–Kier alpha value is -2.44. The van der Waals surface area contributed by atoms with E-state index in [4.69, 9.17) is 16.3 Å². The summed E-state index contributed by atoms with van der Waals surface area (Å²) in [7, 11) is 1.33. The van der Waals surface area contributed by atoms with Crippen LogP contribution in [0.5, 0.6) is 0 Å². The number of aryl methyl sites for hydroxylation is 1. The first-order valence-electron chi connectivity index (χ1n) is 7.50. The van der Waals surface area contributed by atoms with Gasteiger partial charge in [0.25, 0.3) is 5.91 Å². The largest absolute Gasteiger partial charge is 0.468 e. The van der Waals surface area contributed by atoms with E-state index >= 15 is 0 Å². The zero-order valence-corrected chi connectivity index (χ0v) is 15.2. The summed E-state index contributed by atoms with van der Waals surface area (Å²) in [6, 6.07) is 12.3. The summed E-state index contributed by atoms with van der Waals surface area (Å²) in [6.45, 7) is 1.95. The highest BCUT2D eigenvalue weighted by Gasteiger charge is 2.13. The van der Waals surface area contributed by atoms with E-state index in [2.05, 4.69) is 4.99 Å². The zero-order valence-electron chi connectivity index (χ0n) is 13.7. The fourth-order valence-corrected chi connectivity index (χ4v) is 3.71. The van der Waals surface area contributed by atoms with Gasteiger partial charge in [-0.1, -0.05) is 35.1 Å². The van der Waals surface area contributed by atoms with E-state index in [-0.39, 0.29) is 12.5 Å². The second-order valence-corrected chi connectivity index (χ2v) is 6.84. The lowest BCUT2D eigenvalue weighted by molar-refractivity contribution is -0.141. The van der Waals surface area contributed by atoms with Gasteiger partial charge < -0.3 is 9.30 Å². The van der Waals surface area contributed by atoms with Crippen LogP contribution in [0, 0.1) is 6.92 Å². The minimum atomic E-state index is -0.400. The van der Waals surface area contributed by atoms with Gasteiger partial charge in [0.2, 0.25) is 0 Å². The molecule has 7 heteroatoms. The third kappa shape index (κ3) is 3.65. The third-order valence-electron chi connectivity index (χ3n) is 3.71. The molecule has 3 aromatic rings. The first-order chi connectivity index (χ1) is 12.0. The van der Waals surface area contributed by atoms with Crippen molar-refractivity contribution in [2.24, 2.45) is 4.99 Å². The fourth-order valence-electron chi connectivity index (χ4n) is 2.48. The number of aromatic nitrogens is 1. The summed E-state index contributed by atoms with van der Waals surface area (Å²) in [5.41, 5.74) is 2.31. The number of ether oxygens (including phenoxy) is 1. The lowest BCUT2D eigenvalue weighted by Crippen LogP contribution is -2.22. The van der Waals surface area contributed by atoms with Crippen molar-refractivity contribution in [3.05, 3.63) is 63.4 Å². The Bertz CT molecular complexity index is 1020. The zero-order chi connectivity index (χ0) is 18.0. The van der Waals surface area contributed by atoms with E-state index in [1.807, 2.05) is 25.1 Å². The number of hydrogen-bond acceptors (Lipinski definition) is 4. The SMILES string of the molecule is COC(=O)Cn1c(=NC(=O)c2ccc(Cl)cc2)sc2cccc(C)c21. The quantitative estimate of drug-likeness (QED) is 0.658. The number of para-hydroxylation sites is 1. The van der Waals surface area contributed by atoms with E-state index in [9.17, 15) is 9.59 Å². The molecule has 0 spiro atoms. The molecule has 1 amide bonds. The molecule has 0 fully saturated rings. The molecule has 128 valence electrons. The van der Waals surface area contributed by atoms with Gasteiger partial charge in [0.1, 0.15) is 6.54 Å². The van der Waals surface area contributed by atoms with Crippen molar-refractivity contribution in [2.45, 2.75) is 13.5 Å². The number of esters is 1. The molecule has 0 aliphatic rings. The molecule has 5 nitrogen and oxygen atoms in total. The van der Waals surface area contributed by atoms with Crippen LogP contribution in [0.15, 0.2) is 47.5 Å².